The van der Waals surface area contributed by atoms with Crippen LogP contribution in [0.2, 0.25) is 0 Å². The van der Waals surface area contributed by atoms with Crippen LogP contribution in [0.1, 0.15) is 30.9 Å². The molecule has 0 amide bonds. The molecule has 4 nitrogen and oxygen atoms in total. The molecule has 0 N–H and O–H groups in total. The zero-order valence-electron chi connectivity index (χ0n) is 17.0. The lowest BCUT2D eigenvalue weighted by Gasteiger charge is -2.40. The largest absolute Gasteiger partial charge is 0.466 e. The highest BCUT2D eigenvalue weighted by Crippen LogP contribution is 2.37. The van der Waals surface area contributed by atoms with Gasteiger partial charge in [0, 0.05) is 18.1 Å². The number of fused-ring (bicyclic) bond motifs is 1. The summed E-state index contributed by atoms with van der Waals surface area (Å²) in [4.78, 5) is 19.8. The molecule has 1 aliphatic heterocycles. The van der Waals surface area contributed by atoms with Gasteiger partial charge in [-0.1, -0.05) is 48.5 Å². The summed E-state index contributed by atoms with van der Waals surface area (Å²) in [6.45, 7) is 4.98. The number of nitrogens with zero attached hydrogens (tertiary/aromatic N) is 2. The molecule has 2 heterocycles. The minimum absolute atomic E-state index is 0.0436. The van der Waals surface area contributed by atoms with Crippen molar-refractivity contribution in [2.75, 3.05) is 19.7 Å². The molecule has 2 aromatic carbocycles. The minimum atomic E-state index is -0.422. The molecule has 4 rings (SSSR count). The van der Waals surface area contributed by atoms with Gasteiger partial charge in [0.25, 0.3) is 0 Å². The quantitative estimate of drug-likeness (QED) is 0.578. The average Bonchev–Trinajstić information content (AvgIpc) is 2.76. The molecule has 29 heavy (non-hydrogen) atoms. The van der Waals surface area contributed by atoms with Gasteiger partial charge >= 0.3 is 5.97 Å². The summed E-state index contributed by atoms with van der Waals surface area (Å²) in [5, 5.41) is 1.21. The van der Waals surface area contributed by atoms with Crippen molar-refractivity contribution in [2.45, 2.75) is 32.7 Å². The number of benzene rings is 2. The number of aromatic nitrogens is 1. The van der Waals surface area contributed by atoms with Crippen LogP contribution in [-0.2, 0) is 22.5 Å². The Kier molecular flexibility index (Phi) is 5.91. The van der Waals surface area contributed by atoms with Crippen molar-refractivity contribution in [3.05, 3.63) is 78.0 Å². The van der Waals surface area contributed by atoms with Crippen molar-refractivity contribution in [1.29, 1.82) is 0 Å². The van der Waals surface area contributed by atoms with E-state index in [1.54, 1.807) is 0 Å². The van der Waals surface area contributed by atoms with Gasteiger partial charge in [-0.05, 0) is 62.5 Å². The molecule has 1 aromatic heterocycles. The van der Waals surface area contributed by atoms with Crippen molar-refractivity contribution in [3.63, 3.8) is 0 Å². The summed E-state index contributed by atoms with van der Waals surface area (Å²) in [6, 6.07) is 20.8. The van der Waals surface area contributed by atoms with Crippen LogP contribution in [0.3, 0.4) is 0 Å². The third-order valence-electron chi connectivity index (χ3n) is 6.04. The Morgan fingerprint density at radius 2 is 1.83 bits per heavy atom. The number of likely N-dealkylation sites (tertiary alicyclic amines) is 1. The lowest BCUT2D eigenvalue weighted by molar-refractivity contribution is -0.158. The van der Waals surface area contributed by atoms with Crippen molar-refractivity contribution in [2.24, 2.45) is 5.41 Å². The summed E-state index contributed by atoms with van der Waals surface area (Å²) < 4.78 is 5.50. The van der Waals surface area contributed by atoms with E-state index in [0.29, 0.717) is 6.61 Å². The lowest BCUT2D eigenvalue weighted by Crippen LogP contribution is -2.46. The molecule has 0 aliphatic carbocycles. The number of hydrogen-bond acceptors (Lipinski definition) is 4. The highest BCUT2D eigenvalue weighted by molar-refractivity contribution is 5.82. The molecule has 0 radical (unpaired) electrons. The molecule has 150 valence electrons. The van der Waals surface area contributed by atoms with Gasteiger partial charge in [0.15, 0.2) is 0 Å². The van der Waals surface area contributed by atoms with E-state index >= 15 is 0 Å². The van der Waals surface area contributed by atoms with Crippen molar-refractivity contribution >= 4 is 16.9 Å². The van der Waals surface area contributed by atoms with E-state index in [-0.39, 0.29) is 5.97 Å². The number of ether oxygens (including phenoxy) is 1. The molecule has 1 aliphatic rings. The van der Waals surface area contributed by atoms with Gasteiger partial charge in [-0.25, -0.2) is 0 Å². The van der Waals surface area contributed by atoms with Crippen LogP contribution in [0.4, 0.5) is 0 Å². The zero-order valence-corrected chi connectivity index (χ0v) is 17.0. The molecule has 1 fully saturated rings. The van der Waals surface area contributed by atoms with Crippen LogP contribution in [-0.4, -0.2) is 35.5 Å². The van der Waals surface area contributed by atoms with E-state index in [0.717, 1.165) is 44.4 Å². The molecule has 4 heteroatoms. The van der Waals surface area contributed by atoms with E-state index < -0.39 is 5.41 Å². The van der Waals surface area contributed by atoms with Crippen LogP contribution in [0.25, 0.3) is 10.9 Å². The highest BCUT2D eigenvalue weighted by atomic mass is 16.5. The normalized spacial score (nSPS) is 16.6. The molecule has 1 saturated heterocycles. The summed E-state index contributed by atoms with van der Waals surface area (Å²) in [7, 11) is 0. The molecule has 0 spiro atoms. The first-order chi connectivity index (χ1) is 14.2. The van der Waals surface area contributed by atoms with Crippen LogP contribution < -0.4 is 0 Å². The average molecular weight is 389 g/mol. The Morgan fingerprint density at radius 1 is 1.03 bits per heavy atom. The maximum absolute atomic E-state index is 12.9. The molecular formula is C25H28N2O2. The number of hydrogen-bond donors (Lipinski definition) is 0. The Hall–Kier alpha value is -2.72. The number of esters is 1. The van der Waals surface area contributed by atoms with Crippen LogP contribution >= 0.6 is 0 Å². The van der Waals surface area contributed by atoms with E-state index in [9.17, 15) is 4.79 Å². The maximum atomic E-state index is 12.9. The van der Waals surface area contributed by atoms with E-state index in [2.05, 4.69) is 46.3 Å². The van der Waals surface area contributed by atoms with E-state index in [1.807, 2.05) is 37.4 Å². The fourth-order valence-electron chi connectivity index (χ4n) is 4.41. The second-order valence-electron chi connectivity index (χ2n) is 7.93. The van der Waals surface area contributed by atoms with Crippen molar-refractivity contribution in [1.82, 2.24) is 9.88 Å². The third-order valence-corrected chi connectivity index (χ3v) is 6.04. The number of carbonyl (C=O) groups is 1. The number of piperidine rings is 1. The first kappa shape index (κ1) is 19.6. The molecule has 3 aromatic rings. The first-order valence-electron chi connectivity index (χ1n) is 10.5. The zero-order chi connectivity index (χ0) is 20.1. The second kappa shape index (κ2) is 8.75. The van der Waals surface area contributed by atoms with Crippen LogP contribution in [0.5, 0.6) is 0 Å². The van der Waals surface area contributed by atoms with Gasteiger partial charge in [0.05, 0.1) is 17.5 Å². The molecular weight excluding hydrogens is 360 g/mol. The van der Waals surface area contributed by atoms with E-state index in [4.69, 9.17) is 4.74 Å². The van der Waals surface area contributed by atoms with Gasteiger partial charge in [0.1, 0.15) is 0 Å². The summed E-state index contributed by atoms with van der Waals surface area (Å²) >= 11 is 0. The Balaban J connectivity index is 1.49. The van der Waals surface area contributed by atoms with Crippen molar-refractivity contribution < 1.29 is 9.53 Å². The summed E-state index contributed by atoms with van der Waals surface area (Å²) in [6.07, 6.45) is 4.23. The summed E-state index contributed by atoms with van der Waals surface area (Å²) in [5.41, 5.74) is 3.11. The number of carbonyl (C=O) groups excluding carboxylic acids is 1. The Morgan fingerprint density at radius 3 is 2.59 bits per heavy atom. The third kappa shape index (κ3) is 4.33. The Bertz CT molecular complexity index is 957. The maximum Gasteiger partial charge on any atom is 0.312 e. The van der Waals surface area contributed by atoms with Crippen molar-refractivity contribution in [3.8, 4) is 0 Å². The first-order valence-corrected chi connectivity index (χ1v) is 10.5. The minimum Gasteiger partial charge on any atom is -0.466 e. The van der Waals surface area contributed by atoms with Gasteiger partial charge < -0.3 is 4.74 Å². The van der Waals surface area contributed by atoms with Crippen LogP contribution in [0.15, 0.2) is 66.9 Å². The fraction of sp³-hybridized carbons (Fsp3) is 0.360. The van der Waals surface area contributed by atoms with Gasteiger partial charge in [0.2, 0.25) is 0 Å². The highest BCUT2D eigenvalue weighted by Gasteiger charge is 2.42. The SMILES string of the molecule is CCOC(=O)C1(Cc2ccccc2)CCN(Cc2cccc3ncccc23)CC1. The molecule has 0 unspecified atom stereocenters. The predicted octanol–water partition coefficient (Wildman–Crippen LogP) is 4.62. The summed E-state index contributed by atoms with van der Waals surface area (Å²) in [5.74, 6) is -0.0436. The topological polar surface area (TPSA) is 42.4 Å². The standard InChI is InChI=1S/C25H28N2O2/c1-2-29-24(28)25(18-20-8-4-3-5-9-20)13-16-27(17-14-25)19-21-10-6-12-23-22(21)11-7-15-26-23/h3-12,15H,2,13-14,16-19H2,1H3. The number of pyridine rings is 1. The van der Waals surface area contributed by atoms with E-state index in [1.165, 1.54) is 16.5 Å². The van der Waals surface area contributed by atoms with Crippen LogP contribution in [0, 0.1) is 5.41 Å². The van der Waals surface area contributed by atoms with Gasteiger partial charge in [-0.15, -0.1) is 0 Å². The van der Waals surface area contributed by atoms with Gasteiger partial charge in [-0.3, -0.25) is 14.7 Å². The predicted molar refractivity (Wildman–Crippen MR) is 115 cm³/mol. The monoisotopic (exact) mass is 388 g/mol. The number of rotatable bonds is 6. The van der Waals surface area contributed by atoms with Gasteiger partial charge in [-0.2, -0.15) is 0 Å². The molecule has 0 bridgehead atoms. The Labute approximate surface area is 172 Å². The smallest absolute Gasteiger partial charge is 0.312 e. The fourth-order valence-corrected chi connectivity index (χ4v) is 4.41. The molecule has 0 saturated carbocycles. The lowest BCUT2D eigenvalue weighted by atomic mass is 9.73. The molecule has 0 atom stereocenters. The second-order valence-corrected chi connectivity index (χ2v) is 7.93.